The summed E-state index contributed by atoms with van der Waals surface area (Å²) in [6, 6.07) is 49.4. The van der Waals surface area contributed by atoms with Gasteiger partial charge in [-0.15, -0.1) is 0 Å². The molecule has 0 bridgehead atoms. The first kappa shape index (κ1) is 27.4. The van der Waals surface area contributed by atoms with E-state index in [0.717, 1.165) is 22.4 Å². The number of fused-ring (bicyclic) bond motifs is 6. The van der Waals surface area contributed by atoms with E-state index in [1.165, 1.54) is 49.6 Å². The molecule has 2 aromatic heterocycles. The zero-order chi connectivity index (χ0) is 31.7. The summed E-state index contributed by atoms with van der Waals surface area (Å²) in [5.74, 6) is 1.96. The first-order valence-corrected chi connectivity index (χ1v) is 16.1. The minimum absolute atomic E-state index is 0.0915. The highest BCUT2D eigenvalue weighted by Gasteiger charge is 2.36. The standard InChI is InChI=1S/C43H32N4/c1-27-21-22-38-34(23-27)35-25-33-32-19-10-11-20-36(32)43(2,3)37(33)26-39(35)47(38)31-18-12-17-30(24-31)42-45-40(28-13-6-4-7-14-28)44-41(46-42)29-15-8-5-9-16-29/h4-26H,1-3H3. The molecule has 47 heavy (non-hydrogen) atoms. The zero-order valence-corrected chi connectivity index (χ0v) is 26.6. The van der Waals surface area contributed by atoms with E-state index >= 15 is 0 Å². The molecule has 0 saturated carbocycles. The van der Waals surface area contributed by atoms with Crippen molar-refractivity contribution in [1.82, 2.24) is 19.5 Å². The van der Waals surface area contributed by atoms with Crippen LogP contribution in [-0.2, 0) is 5.41 Å². The van der Waals surface area contributed by atoms with Crippen LogP contribution in [-0.4, -0.2) is 19.5 Å². The van der Waals surface area contributed by atoms with Crippen LogP contribution in [0.1, 0.15) is 30.5 Å². The molecule has 224 valence electrons. The Hall–Kier alpha value is -5.87. The van der Waals surface area contributed by atoms with Crippen LogP contribution < -0.4 is 0 Å². The predicted octanol–water partition coefficient (Wildman–Crippen LogP) is 10.6. The molecule has 0 saturated heterocycles. The number of hydrogen-bond donors (Lipinski definition) is 0. The Kier molecular flexibility index (Phi) is 6.03. The van der Waals surface area contributed by atoms with E-state index in [2.05, 4.69) is 104 Å². The third-order valence-electron chi connectivity index (χ3n) is 9.69. The van der Waals surface area contributed by atoms with E-state index in [9.17, 15) is 0 Å². The molecule has 0 spiro atoms. The summed E-state index contributed by atoms with van der Waals surface area (Å²) in [4.78, 5) is 14.9. The molecule has 0 fully saturated rings. The van der Waals surface area contributed by atoms with Crippen molar-refractivity contribution in [1.29, 1.82) is 0 Å². The monoisotopic (exact) mass is 604 g/mol. The van der Waals surface area contributed by atoms with Crippen LogP contribution in [0.25, 0.3) is 72.8 Å². The van der Waals surface area contributed by atoms with Crippen molar-refractivity contribution in [3.63, 3.8) is 0 Å². The van der Waals surface area contributed by atoms with Gasteiger partial charge in [0.15, 0.2) is 17.5 Å². The maximum Gasteiger partial charge on any atom is 0.164 e. The van der Waals surface area contributed by atoms with Crippen molar-refractivity contribution in [2.24, 2.45) is 0 Å². The van der Waals surface area contributed by atoms with E-state index in [1.807, 2.05) is 60.7 Å². The van der Waals surface area contributed by atoms with Gasteiger partial charge in [0.05, 0.1) is 11.0 Å². The van der Waals surface area contributed by atoms with E-state index in [1.54, 1.807) is 0 Å². The predicted molar refractivity (Wildman–Crippen MR) is 193 cm³/mol. The van der Waals surface area contributed by atoms with E-state index in [0.29, 0.717) is 17.5 Å². The molecular weight excluding hydrogens is 573 g/mol. The Morgan fingerprint density at radius 3 is 1.77 bits per heavy atom. The third-order valence-corrected chi connectivity index (χ3v) is 9.69. The Labute approximate surface area is 274 Å². The summed E-state index contributed by atoms with van der Waals surface area (Å²) in [6.07, 6.45) is 0. The van der Waals surface area contributed by atoms with Gasteiger partial charge in [-0.3, -0.25) is 0 Å². The smallest absolute Gasteiger partial charge is 0.164 e. The number of aromatic nitrogens is 4. The summed E-state index contributed by atoms with van der Waals surface area (Å²) in [7, 11) is 0. The topological polar surface area (TPSA) is 43.6 Å². The van der Waals surface area contributed by atoms with Crippen LogP contribution in [0, 0.1) is 6.92 Å². The number of nitrogens with zero attached hydrogens (tertiary/aromatic N) is 4. The van der Waals surface area contributed by atoms with Crippen LogP contribution in [0.4, 0.5) is 0 Å². The fraction of sp³-hybridized carbons (Fsp3) is 0.0930. The Bertz CT molecular complexity index is 2430. The first-order chi connectivity index (χ1) is 23.0. The van der Waals surface area contributed by atoms with Gasteiger partial charge in [-0.05, 0) is 65.6 Å². The molecule has 0 radical (unpaired) electrons. The number of rotatable bonds is 4. The van der Waals surface area contributed by atoms with Crippen LogP contribution in [0.15, 0.2) is 140 Å². The molecule has 9 rings (SSSR count). The lowest BCUT2D eigenvalue weighted by molar-refractivity contribution is 0.661. The average Bonchev–Trinajstić information content (AvgIpc) is 3.55. The van der Waals surface area contributed by atoms with Crippen LogP contribution in [0.2, 0.25) is 0 Å². The van der Waals surface area contributed by atoms with Gasteiger partial charge in [-0.1, -0.05) is 123 Å². The summed E-state index contributed by atoms with van der Waals surface area (Å²) in [5, 5.41) is 2.52. The molecule has 0 unspecified atom stereocenters. The lowest BCUT2D eigenvalue weighted by atomic mass is 9.82. The highest BCUT2D eigenvalue weighted by atomic mass is 15.0. The van der Waals surface area contributed by atoms with Crippen LogP contribution >= 0.6 is 0 Å². The minimum atomic E-state index is -0.0915. The molecule has 6 aromatic carbocycles. The molecular formula is C43H32N4. The van der Waals surface area contributed by atoms with Crippen molar-refractivity contribution >= 4 is 21.8 Å². The molecule has 0 N–H and O–H groups in total. The third kappa shape index (κ3) is 4.33. The lowest BCUT2D eigenvalue weighted by Gasteiger charge is -2.21. The van der Waals surface area contributed by atoms with Crippen molar-refractivity contribution in [3.05, 3.63) is 156 Å². The Morgan fingerprint density at radius 1 is 0.468 bits per heavy atom. The van der Waals surface area contributed by atoms with Gasteiger partial charge in [0, 0.05) is 38.6 Å². The molecule has 4 nitrogen and oxygen atoms in total. The van der Waals surface area contributed by atoms with Crippen LogP contribution in [0.3, 0.4) is 0 Å². The highest BCUT2D eigenvalue weighted by Crippen LogP contribution is 2.51. The molecule has 0 aliphatic heterocycles. The average molecular weight is 605 g/mol. The van der Waals surface area contributed by atoms with Gasteiger partial charge in [0.1, 0.15) is 0 Å². The summed E-state index contributed by atoms with van der Waals surface area (Å²) >= 11 is 0. The SMILES string of the molecule is Cc1ccc2c(c1)c1cc3c(cc1n2-c1cccc(-c2nc(-c4ccccc4)nc(-c4ccccc4)n2)c1)C(C)(C)c1ccccc1-3. The second-order valence-corrected chi connectivity index (χ2v) is 13.0. The van der Waals surface area contributed by atoms with Crippen molar-refractivity contribution in [2.75, 3.05) is 0 Å². The normalized spacial score (nSPS) is 13.2. The summed E-state index contributed by atoms with van der Waals surface area (Å²) in [6.45, 7) is 6.86. The van der Waals surface area contributed by atoms with Crippen molar-refractivity contribution < 1.29 is 0 Å². The van der Waals surface area contributed by atoms with Gasteiger partial charge >= 0.3 is 0 Å². The summed E-state index contributed by atoms with van der Waals surface area (Å²) < 4.78 is 2.41. The number of aryl methyl sites for hydroxylation is 1. The lowest BCUT2D eigenvalue weighted by Crippen LogP contribution is -2.14. The molecule has 2 heterocycles. The molecule has 1 aliphatic rings. The van der Waals surface area contributed by atoms with Crippen molar-refractivity contribution in [3.8, 4) is 51.0 Å². The van der Waals surface area contributed by atoms with E-state index in [4.69, 9.17) is 15.0 Å². The van der Waals surface area contributed by atoms with Crippen molar-refractivity contribution in [2.45, 2.75) is 26.2 Å². The summed E-state index contributed by atoms with van der Waals surface area (Å²) in [5.41, 5.74) is 12.9. The largest absolute Gasteiger partial charge is 0.309 e. The molecule has 8 aromatic rings. The van der Waals surface area contributed by atoms with Gasteiger partial charge in [-0.2, -0.15) is 0 Å². The second kappa shape index (κ2) is 10.3. The highest BCUT2D eigenvalue weighted by molar-refractivity contribution is 6.12. The molecule has 4 heteroatoms. The first-order valence-electron chi connectivity index (χ1n) is 16.1. The zero-order valence-electron chi connectivity index (χ0n) is 26.6. The Balaban J connectivity index is 1.27. The minimum Gasteiger partial charge on any atom is -0.309 e. The fourth-order valence-electron chi connectivity index (χ4n) is 7.33. The van der Waals surface area contributed by atoms with E-state index < -0.39 is 0 Å². The second-order valence-electron chi connectivity index (χ2n) is 13.0. The van der Waals surface area contributed by atoms with Gasteiger partial charge in [0.25, 0.3) is 0 Å². The Morgan fingerprint density at radius 2 is 1.06 bits per heavy atom. The van der Waals surface area contributed by atoms with Crippen LogP contribution in [0.5, 0.6) is 0 Å². The molecule has 1 aliphatic carbocycles. The fourth-order valence-corrected chi connectivity index (χ4v) is 7.33. The number of hydrogen-bond acceptors (Lipinski definition) is 3. The number of benzene rings is 6. The molecule has 0 amide bonds. The maximum atomic E-state index is 5.02. The van der Waals surface area contributed by atoms with Gasteiger partial charge in [-0.25, -0.2) is 15.0 Å². The molecule has 0 atom stereocenters. The van der Waals surface area contributed by atoms with Gasteiger partial charge < -0.3 is 4.57 Å². The maximum absolute atomic E-state index is 5.02. The quantitative estimate of drug-likeness (QED) is 0.201. The van der Waals surface area contributed by atoms with E-state index in [-0.39, 0.29) is 5.41 Å². The van der Waals surface area contributed by atoms with Gasteiger partial charge in [0.2, 0.25) is 0 Å².